The van der Waals surface area contributed by atoms with Crippen molar-refractivity contribution in [2.75, 3.05) is 25.6 Å². The van der Waals surface area contributed by atoms with Crippen LogP contribution in [0.2, 0.25) is 0 Å². The van der Waals surface area contributed by atoms with Crippen molar-refractivity contribution in [3.05, 3.63) is 5.01 Å². The van der Waals surface area contributed by atoms with Gasteiger partial charge in [0.05, 0.1) is 12.1 Å². The molecule has 0 bridgehead atoms. The molecule has 1 aromatic heterocycles. The van der Waals surface area contributed by atoms with Crippen molar-refractivity contribution < 1.29 is 18.3 Å². The molecule has 0 aliphatic carbocycles. The number of alkyl halides is 2. The molecule has 6 nitrogen and oxygen atoms in total. The van der Waals surface area contributed by atoms with Crippen molar-refractivity contribution in [1.29, 1.82) is 0 Å². The Labute approximate surface area is 131 Å². The molecule has 1 N–H and O–H groups in total. The summed E-state index contributed by atoms with van der Waals surface area (Å²) in [5.41, 5.74) is -0.330. The van der Waals surface area contributed by atoms with E-state index in [0.29, 0.717) is 24.5 Å². The topological polar surface area (TPSA) is 67.3 Å². The molecule has 124 valence electrons. The number of anilines is 1. The van der Waals surface area contributed by atoms with Crippen LogP contribution in [0, 0.1) is 0 Å². The summed E-state index contributed by atoms with van der Waals surface area (Å²) in [6.07, 6.45) is 0.867. The third-order valence-corrected chi connectivity index (χ3v) is 4.66. The maximum absolute atomic E-state index is 12.5. The van der Waals surface area contributed by atoms with Gasteiger partial charge >= 0.3 is 6.03 Å². The van der Waals surface area contributed by atoms with Crippen LogP contribution < -0.4 is 5.32 Å². The molecule has 1 saturated heterocycles. The van der Waals surface area contributed by atoms with Gasteiger partial charge in [0.15, 0.2) is 5.01 Å². The van der Waals surface area contributed by atoms with E-state index in [1.54, 1.807) is 12.0 Å². The van der Waals surface area contributed by atoms with E-state index in [4.69, 9.17) is 4.74 Å². The van der Waals surface area contributed by atoms with Gasteiger partial charge in [0, 0.05) is 13.7 Å². The van der Waals surface area contributed by atoms with Gasteiger partial charge in [0.1, 0.15) is 0 Å². The van der Waals surface area contributed by atoms with Crippen LogP contribution in [0.4, 0.5) is 18.7 Å². The average molecular weight is 334 g/mol. The summed E-state index contributed by atoms with van der Waals surface area (Å²) in [5.74, 6) is 0. The van der Waals surface area contributed by atoms with E-state index in [-0.39, 0.29) is 16.7 Å². The van der Waals surface area contributed by atoms with Crippen LogP contribution in [0.15, 0.2) is 0 Å². The monoisotopic (exact) mass is 334 g/mol. The highest BCUT2D eigenvalue weighted by Crippen LogP contribution is 2.35. The summed E-state index contributed by atoms with van der Waals surface area (Å²) < 4.78 is 30.3. The first-order valence-corrected chi connectivity index (χ1v) is 8.03. The van der Waals surface area contributed by atoms with Gasteiger partial charge in [-0.15, -0.1) is 10.2 Å². The lowest BCUT2D eigenvalue weighted by atomic mass is 9.91. The molecule has 0 spiro atoms. The molecule has 0 saturated carbocycles. The summed E-state index contributed by atoms with van der Waals surface area (Å²) in [6.45, 7) is 3.15. The zero-order chi connectivity index (χ0) is 16.2. The second-order valence-corrected chi connectivity index (χ2v) is 6.35. The van der Waals surface area contributed by atoms with Crippen molar-refractivity contribution in [3.63, 3.8) is 0 Å². The van der Waals surface area contributed by atoms with Gasteiger partial charge in [0.25, 0.3) is 6.43 Å². The van der Waals surface area contributed by atoms with Crippen LogP contribution in [-0.4, -0.2) is 46.9 Å². The Morgan fingerprint density at radius 1 is 1.55 bits per heavy atom. The normalized spacial score (nSPS) is 21.6. The number of aromatic nitrogens is 2. The zero-order valence-electron chi connectivity index (χ0n) is 12.6. The summed E-state index contributed by atoms with van der Waals surface area (Å²) in [5, 5.41) is 9.22. The Morgan fingerprint density at radius 2 is 2.32 bits per heavy atom. The van der Waals surface area contributed by atoms with Crippen LogP contribution in [0.3, 0.4) is 0 Å². The first-order valence-electron chi connectivity index (χ1n) is 7.21. The molecule has 0 radical (unpaired) electrons. The molecule has 22 heavy (non-hydrogen) atoms. The molecular formula is C13H20F2N4O2S. The maximum Gasteiger partial charge on any atom is 0.324 e. The van der Waals surface area contributed by atoms with Crippen molar-refractivity contribution >= 4 is 22.5 Å². The Morgan fingerprint density at radius 3 is 2.91 bits per heavy atom. The Balaban J connectivity index is 2.09. The van der Waals surface area contributed by atoms with Crippen molar-refractivity contribution in [1.82, 2.24) is 15.1 Å². The van der Waals surface area contributed by atoms with E-state index >= 15 is 0 Å². The Hall–Kier alpha value is -1.35. The molecule has 2 amide bonds. The lowest BCUT2D eigenvalue weighted by Crippen LogP contribution is -2.51. The third-order valence-electron chi connectivity index (χ3n) is 3.81. The average Bonchev–Trinajstić information content (AvgIpc) is 3.07. The molecule has 2 rings (SSSR count). The standard InChI is InChI=1S/C13H20F2N4O2S/c1-3-5-13(8-21-2)6-4-7-19(13)12(20)16-11-18-17-10(22-11)9(14)15/h9H,3-8H2,1-2H3,(H,16,18,20)/t13-/m0/s1. The minimum Gasteiger partial charge on any atom is -0.382 e. The van der Waals surface area contributed by atoms with E-state index in [9.17, 15) is 13.6 Å². The predicted octanol–water partition coefficient (Wildman–Crippen LogP) is 3.29. The number of urea groups is 1. The van der Waals surface area contributed by atoms with Gasteiger partial charge in [0.2, 0.25) is 5.13 Å². The van der Waals surface area contributed by atoms with Crippen molar-refractivity contribution in [2.45, 2.75) is 44.6 Å². The van der Waals surface area contributed by atoms with E-state index in [1.165, 1.54) is 0 Å². The molecule has 0 unspecified atom stereocenters. The van der Waals surface area contributed by atoms with Crippen LogP contribution in [0.25, 0.3) is 0 Å². The van der Waals surface area contributed by atoms with Crippen molar-refractivity contribution in [2.24, 2.45) is 0 Å². The number of carbonyl (C=O) groups excluding carboxylic acids is 1. The Kier molecular flexibility index (Phi) is 5.63. The minimum absolute atomic E-state index is 0.0926. The smallest absolute Gasteiger partial charge is 0.324 e. The number of ether oxygens (including phenoxy) is 1. The maximum atomic E-state index is 12.5. The number of likely N-dealkylation sites (tertiary alicyclic amines) is 1. The first-order chi connectivity index (χ1) is 10.5. The highest BCUT2D eigenvalue weighted by molar-refractivity contribution is 7.15. The lowest BCUT2D eigenvalue weighted by Gasteiger charge is -2.37. The van der Waals surface area contributed by atoms with Crippen LogP contribution in [0.5, 0.6) is 0 Å². The summed E-state index contributed by atoms with van der Waals surface area (Å²) >= 11 is 0.693. The number of hydrogen-bond acceptors (Lipinski definition) is 5. The number of halogens is 2. The quantitative estimate of drug-likeness (QED) is 0.867. The third kappa shape index (κ3) is 3.52. The molecule has 9 heteroatoms. The van der Waals surface area contributed by atoms with Crippen LogP contribution in [-0.2, 0) is 4.74 Å². The first kappa shape index (κ1) is 17.0. The van der Waals surface area contributed by atoms with E-state index < -0.39 is 11.4 Å². The number of nitrogens with zero attached hydrogens (tertiary/aromatic N) is 3. The van der Waals surface area contributed by atoms with Gasteiger partial charge in [-0.2, -0.15) is 0 Å². The SMILES string of the molecule is CCC[C@@]1(COC)CCCN1C(=O)Nc1nnc(C(F)F)s1. The van der Waals surface area contributed by atoms with Gasteiger partial charge < -0.3 is 9.64 Å². The fourth-order valence-electron chi connectivity index (χ4n) is 3.00. The molecule has 1 aromatic rings. The van der Waals surface area contributed by atoms with E-state index in [0.717, 1.165) is 25.7 Å². The lowest BCUT2D eigenvalue weighted by molar-refractivity contribution is 0.0540. The predicted molar refractivity (Wildman–Crippen MR) is 79.3 cm³/mol. The van der Waals surface area contributed by atoms with Crippen LogP contribution >= 0.6 is 11.3 Å². The molecule has 2 heterocycles. The van der Waals surface area contributed by atoms with Gasteiger partial charge in [-0.1, -0.05) is 24.7 Å². The number of carbonyl (C=O) groups is 1. The molecule has 1 aliphatic rings. The largest absolute Gasteiger partial charge is 0.382 e. The zero-order valence-corrected chi connectivity index (χ0v) is 13.5. The summed E-state index contributed by atoms with van der Waals surface area (Å²) in [4.78, 5) is 14.2. The van der Waals surface area contributed by atoms with Crippen molar-refractivity contribution in [3.8, 4) is 0 Å². The van der Waals surface area contributed by atoms with E-state index in [2.05, 4.69) is 22.4 Å². The number of methoxy groups -OCH3 is 1. The Bertz CT molecular complexity index is 506. The number of amides is 2. The molecule has 1 atom stereocenters. The molecule has 1 aliphatic heterocycles. The number of nitrogens with one attached hydrogen (secondary N) is 1. The second-order valence-electron chi connectivity index (χ2n) is 5.34. The van der Waals surface area contributed by atoms with Crippen LogP contribution in [0.1, 0.15) is 44.0 Å². The van der Waals surface area contributed by atoms with Gasteiger partial charge in [-0.3, -0.25) is 5.32 Å². The molecule has 1 fully saturated rings. The number of rotatable bonds is 6. The molecule has 0 aromatic carbocycles. The summed E-state index contributed by atoms with van der Waals surface area (Å²) in [7, 11) is 1.62. The highest BCUT2D eigenvalue weighted by atomic mass is 32.1. The number of hydrogen-bond donors (Lipinski definition) is 1. The highest BCUT2D eigenvalue weighted by Gasteiger charge is 2.43. The van der Waals surface area contributed by atoms with Gasteiger partial charge in [-0.25, -0.2) is 13.6 Å². The fourth-order valence-corrected chi connectivity index (χ4v) is 3.59. The molecular weight excluding hydrogens is 314 g/mol. The van der Waals surface area contributed by atoms with E-state index in [1.807, 2.05) is 0 Å². The fraction of sp³-hybridized carbons (Fsp3) is 0.769. The van der Waals surface area contributed by atoms with Gasteiger partial charge in [-0.05, 0) is 19.3 Å². The second kappa shape index (κ2) is 7.28. The summed E-state index contributed by atoms with van der Waals surface area (Å²) in [6, 6.07) is -0.333. The minimum atomic E-state index is -2.68.